The van der Waals surface area contributed by atoms with Gasteiger partial charge in [0.1, 0.15) is 0 Å². The van der Waals surface area contributed by atoms with Crippen molar-refractivity contribution < 1.29 is 0 Å². The molecule has 0 bridgehead atoms. The van der Waals surface area contributed by atoms with Crippen LogP contribution in [-0.2, 0) is 30.1 Å². The molecule has 1 heteroatoms. The van der Waals surface area contributed by atoms with Gasteiger partial charge in [-0.15, -0.1) is 0 Å². The van der Waals surface area contributed by atoms with Crippen LogP contribution in [0.5, 0.6) is 0 Å². The Hall–Kier alpha value is -6.18. The number of fused-ring (bicyclic) bond motifs is 6. The minimum absolute atomic E-state index is 0.161. The van der Waals surface area contributed by atoms with E-state index in [-0.39, 0.29) is 10.8 Å². The van der Waals surface area contributed by atoms with Crippen LogP contribution in [0, 0.1) is 13.8 Å². The predicted octanol–water partition coefficient (Wildman–Crippen LogP) is 18.6. The van der Waals surface area contributed by atoms with Crippen LogP contribution in [0.2, 0.25) is 0 Å². The van der Waals surface area contributed by atoms with E-state index in [1.807, 2.05) is 0 Å². The molecule has 0 heterocycles. The van der Waals surface area contributed by atoms with E-state index in [1.165, 1.54) is 115 Å². The zero-order valence-corrected chi connectivity index (χ0v) is 41.9. The topological polar surface area (TPSA) is 3.24 Å². The van der Waals surface area contributed by atoms with Crippen LogP contribution in [-0.4, -0.2) is 0 Å². The average molecular weight is 878 g/mol. The number of nitrogens with zero attached hydrogens (tertiary/aromatic N) is 1. The van der Waals surface area contributed by atoms with Gasteiger partial charge in [0.25, 0.3) is 0 Å². The van der Waals surface area contributed by atoms with E-state index >= 15 is 0 Å². The number of para-hydroxylation sites is 1. The second kappa shape index (κ2) is 18.8. The molecule has 0 fully saturated rings. The Bertz CT molecular complexity index is 3030. The summed E-state index contributed by atoms with van der Waals surface area (Å²) < 4.78 is 0. The summed E-state index contributed by atoms with van der Waals surface area (Å²) in [7, 11) is 0. The van der Waals surface area contributed by atoms with Crippen molar-refractivity contribution in [2.45, 2.75) is 130 Å². The molecule has 10 rings (SSSR count). The van der Waals surface area contributed by atoms with Gasteiger partial charge in [0.05, 0.1) is 5.69 Å². The molecule has 1 nitrogen and oxygen atoms in total. The summed E-state index contributed by atoms with van der Waals surface area (Å²) in [6.45, 7) is 23.1. The molecule has 2 atom stereocenters. The summed E-state index contributed by atoms with van der Waals surface area (Å²) in [6, 6.07) is 62.0. The first kappa shape index (κ1) is 46.0. The van der Waals surface area contributed by atoms with E-state index in [1.54, 1.807) is 11.1 Å². The fourth-order valence-electron chi connectivity index (χ4n) is 11.1. The summed E-state index contributed by atoms with van der Waals surface area (Å²) >= 11 is 0. The zero-order chi connectivity index (χ0) is 47.0. The molecule has 0 amide bonds. The second-order valence-electron chi connectivity index (χ2n) is 21.4. The van der Waals surface area contributed by atoms with Crippen molar-refractivity contribution in [3.63, 3.8) is 0 Å². The highest BCUT2D eigenvalue weighted by Crippen LogP contribution is 2.55. The van der Waals surface area contributed by atoms with Crippen LogP contribution in [0.25, 0.3) is 33.0 Å². The van der Waals surface area contributed by atoms with Gasteiger partial charge in [-0.2, -0.15) is 0 Å². The first-order valence-corrected chi connectivity index (χ1v) is 25.2. The fraction of sp³-hybridized carbons (Fsp3) is 0.303. The first-order valence-electron chi connectivity index (χ1n) is 25.2. The van der Waals surface area contributed by atoms with Gasteiger partial charge in [-0.1, -0.05) is 194 Å². The van der Waals surface area contributed by atoms with Crippen LogP contribution < -0.4 is 4.90 Å². The molecule has 2 aliphatic carbocycles. The number of anilines is 3. The monoisotopic (exact) mass is 878 g/mol. The van der Waals surface area contributed by atoms with Crippen molar-refractivity contribution in [1.29, 1.82) is 0 Å². The van der Waals surface area contributed by atoms with Gasteiger partial charge in [0.2, 0.25) is 0 Å². The molecule has 2 unspecified atom stereocenters. The summed E-state index contributed by atoms with van der Waals surface area (Å²) in [5.74, 6) is 0.931. The van der Waals surface area contributed by atoms with E-state index in [4.69, 9.17) is 0 Å². The molecule has 340 valence electrons. The van der Waals surface area contributed by atoms with Gasteiger partial charge in [-0.3, -0.25) is 0 Å². The number of aryl methyl sites for hydroxylation is 4. The molecule has 2 aliphatic rings. The maximum atomic E-state index is 2.51. The van der Waals surface area contributed by atoms with E-state index in [0.717, 1.165) is 18.5 Å². The smallest absolute Gasteiger partial charge is 0.0543 e. The molecule has 8 aromatic carbocycles. The maximum absolute atomic E-state index is 2.51. The lowest BCUT2D eigenvalue weighted by molar-refractivity contribution is 0.589. The van der Waals surface area contributed by atoms with Gasteiger partial charge in [-0.25, -0.2) is 0 Å². The SMILES string of the molecule is CCC(C)c1ccccc1-c1ccc(N(c2ccccc2)c2cc3c(c4ccccc24)-c2ccc(CC(C)c4ccc(C(C)(C)C)cc4)cc2C3(C)C)cc1C.Cc1ccc2c(c1)CCCC2. The second-order valence-corrected chi connectivity index (χ2v) is 21.4. The van der Waals surface area contributed by atoms with Crippen molar-refractivity contribution in [3.05, 3.63) is 219 Å². The third kappa shape index (κ3) is 9.15. The van der Waals surface area contributed by atoms with Gasteiger partial charge in [0, 0.05) is 22.2 Å². The molecule has 0 radical (unpaired) electrons. The van der Waals surface area contributed by atoms with E-state index in [9.17, 15) is 0 Å². The molecule has 0 saturated carbocycles. The third-order valence-electron chi connectivity index (χ3n) is 15.2. The van der Waals surface area contributed by atoms with Crippen molar-refractivity contribution in [3.8, 4) is 22.3 Å². The molecule has 0 aromatic heterocycles. The number of hydrogen-bond donors (Lipinski definition) is 0. The van der Waals surface area contributed by atoms with Gasteiger partial charge < -0.3 is 4.90 Å². The average Bonchev–Trinajstić information content (AvgIpc) is 3.56. The minimum atomic E-state index is -0.168. The zero-order valence-electron chi connectivity index (χ0n) is 41.9. The fourth-order valence-corrected chi connectivity index (χ4v) is 11.1. The number of benzene rings is 8. The van der Waals surface area contributed by atoms with Crippen molar-refractivity contribution >= 4 is 27.8 Å². The first-order chi connectivity index (χ1) is 32.2. The van der Waals surface area contributed by atoms with Crippen molar-refractivity contribution in [2.24, 2.45) is 0 Å². The van der Waals surface area contributed by atoms with Crippen LogP contribution in [0.1, 0.15) is 142 Å². The van der Waals surface area contributed by atoms with Crippen molar-refractivity contribution in [1.82, 2.24) is 0 Å². The highest BCUT2D eigenvalue weighted by molar-refractivity contribution is 6.10. The number of hydrogen-bond acceptors (Lipinski definition) is 1. The molecular formula is C66H71N. The highest BCUT2D eigenvalue weighted by Gasteiger charge is 2.38. The largest absolute Gasteiger partial charge is 0.310 e. The van der Waals surface area contributed by atoms with Gasteiger partial charge >= 0.3 is 0 Å². The molecule has 67 heavy (non-hydrogen) atoms. The summed E-state index contributed by atoms with van der Waals surface area (Å²) in [4.78, 5) is 2.48. The van der Waals surface area contributed by atoms with Gasteiger partial charge in [0.15, 0.2) is 0 Å². The lowest BCUT2D eigenvalue weighted by atomic mass is 9.80. The molecule has 0 N–H and O–H groups in total. The lowest BCUT2D eigenvalue weighted by Crippen LogP contribution is -2.17. The van der Waals surface area contributed by atoms with E-state index < -0.39 is 0 Å². The lowest BCUT2D eigenvalue weighted by Gasteiger charge is -2.30. The molecule has 0 aliphatic heterocycles. The van der Waals surface area contributed by atoms with Crippen LogP contribution in [0.4, 0.5) is 17.1 Å². The van der Waals surface area contributed by atoms with Crippen LogP contribution in [0.3, 0.4) is 0 Å². The Morgan fingerprint density at radius 2 is 1.24 bits per heavy atom. The highest BCUT2D eigenvalue weighted by atomic mass is 15.1. The van der Waals surface area contributed by atoms with Crippen LogP contribution in [0.15, 0.2) is 164 Å². The van der Waals surface area contributed by atoms with E-state index in [0.29, 0.717) is 11.8 Å². The Labute approximate surface area is 403 Å². The Morgan fingerprint density at radius 3 is 1.96 bits per heavy atom. The van der Waals surface area contributed by atoms with Crippen molar-refractivity contribution in [2.75, 3.05) is 4.90 Å². The Morgan fingerprint density at radius 1 is 0.567 bits per heavy atom. The quantitative estimate of drug-likeness (QED) is 0.140. The van der Waals surface area contributed by atoms with Crippen LogP contribution >= 0.6 is 0 Å². The predicted molar refractivity (Wildman–Crippen MR) is 290 cm³/mol. The summed E-state index contributed by atoms with van der Waals surface area (Å²) in [5.41, 5.74) is 23.2. The summed E-state index contributed by atoms with van der Waals surface area (Å²) in [6.07, 6.45) is 7.51. The number of rotatable bonds is 9. The maximum Gasteiger partial charge on any atom is 0.0543 e. The minimum Gasteiger partial charge on any atom is -0.310 e. The van der Waals surface area contributed by atoms with Gasteiger partial charge in [-0.05, 0) is 178 Å². The molecule has 0 spiro atoms. The Kier molecular flexibility index (Phi) is 12.9. The standard InChI is InChI=1S/C55H57N.C11H14/c1-10-36(2)44-20-14-15-21-46(44)45-31-29-43(33-38(45)4)56(42-18-12-11-13-19-42)52-35-51-53(48-23-17-16-22-47(48)52)49-30-24-39(34-50(49)55(51,8)9)32-37(3)40-25-27-41(28-26-40)54(5,6)7;1-9-6-7-10-4-2-3-5-11(10)8-9/h11-31,33-37H,10,32H2,1-9H3;6-8H,2-5H2,1H3. The summed E-state index contributed by atoms with van der Waals surface area (Å²) in [5, 5.41) is 2.57. The van der Waals surface area contributed by atoms with E-state index in [2.05, 4.69) is 238 Å². The normalized spacial score (nSPS) is 14.6. The molecule has 0 saturated heterocycles. The molecule has 8 aromatic rings. The Balaban J connectivity index is 0.000000446. The molecular weight excluding hydrogens is 807 g/mol. The third-order valence-corrected chi connectivity index (χ3v) is 15.2.